The maximum Gasteiger partial charge on any atom is 0.407 e. The summed E-state index contributed by atoms with van der Waals surface area (Å²) < 4.78 is 96.0. The zero-order chi connectivity index (χ0) is 66.7. The van der Waals surface area contributed by atoms with E-state index in [9.17, 15) is 14.4 Å². The Labute approximate surface area is 548 Å². The molecule has 5 fully saturated rings. The number of nitrogens with one attached hydrogen (secondary N) is 3. The number of benzene rings is 3. The summed E-state index contributed by atoms with van der Waals surface area (Å²) in [5.41, 5.74) is 2.51. The van der Waals surface area contributed by atoms with Crippen molar-refractivity contribution in [3.8, 4) is 0 Å². The van der Waals surface area contributed by atoms with Gasteiger partial charge in [-0.1, -0.05) is 186 Å². The second-order valence-electron chi connectivity index (χ2n) is 28.4. The highest BCUT2D eigenvalue weighted by Crippen LogP contribution is 2.47. The Balaban J connectivity index is 1.19. The van der Waals surface area contributed by atoms with Crippen molar-refractivity contribution < 1.29 is 80.1 Å². The van der Waals surface area contributed by atoms with E-state index in [1.165, 1.54) is 6.08 Å². The molecule has 92 heavy (non-hydrogen) atoms. The fourth-order valence-electron chi connectivity index (χ4n) is 12.0. The molecule has 510 valence electrons. The maximum atomic E-state index is 14.5. The van der Waals surface area contributed by atoms with Gasteiger partial charge in [0, 0.05) is 23.9 Å². The molecule has 4 heterocycles. The van der Waals surface area contributed by atoms with Crippen LogP contribution in [0.2, 0.25) is 36.3 Å². The number of hydrogen-bond acceptors (Lipinski definition) is 17. The topological polar surface area (TPSA) is 217 Å². The van der Waals surface area contributed by atoms with Gasteiger partial charge in [-0.05, 0) is 72.1 Å². The molecular weight excluding hydrogens is 1210 g/mol. The largest absolute Gasteiger partial charge is 0.445 e. The van der Waals surface area contributed by atoms with Crippen molar-refractivity contribution in [1.82, 2.24) is 16.0 Å². The van der Waals surface area contributed by atoms with Crippen LogP contribution in [0.5, 0.6) is 0 Å². The molecule has 3 aromatic rings. The molecule has 0 aromatic heterocycles. The van der Waals surface area contributed by atoms with Crippen LogP contribution in [0.25, 0.3) is 0 Å². The molecule has 1 unspecified atom stereocenters. The summed E-state index contributed by atoms with van der Waals surface area (Å²) >= 11 is 0. The van der Waals surface area contributed by atoms with Crippen LogP contribution >= 0.6 is 0 Å². The third-order valence-corrected chi connectivity index (χ3v) is 28.8. The van der Waals surface area contributed by atoms with Gasteiger partial charge >= 0.3 is 18.3 Å². The quantitative estimate of drug-likeness (QED) is 0.0408. The van der Waals surface area contributed by atoms with Crippen LogP contribution in [0.3, 0.4) is 0 Å². The summed E-state index contributed by atoms with van der Waals surface area (Å²) in [6, 6.07) is 26.8. The predicted molar refractivity (Wildman–Crippen MR) is 353 cm³/mol. The molecule has 0 radical (unpaired) electrons. The molecule has 20 nitrogen and oxygen atoms in total. The van der Waals surface area contributed by atoms with Crippen molar-refractivity contribution in [2.45, 2.75) is 237 Å². The number of hydrogen-bond donors (Lipinski definition) is 3. The first kappa shape index (κ1) is 72.8. The van der Waals surface area contributed by atoms with Crippen LogP contribution in [0.4, 0.5) is 14.4 Å². The van der Waals surface area contributed by atoms with E-state index in [-0.39, 0.29) is 73.8 Å². The third kappa shape index (κ3) is 18.3. The van der Waals surface area contributed by atoms with E-state index in [2.05, 4.69) is 118 Å². The van der Waals surface area contributed by atoms with E-state index in [0.29, 0.717) is 6.42 Å². The molecule has 8 rings (SSSR count). The molecule has 5 aliphatic rings. The number of carbonyl (C=O) groups is 3. The predicted octanol–water partition coefficient (Wildman–Crippen LogP) is 12.6. The van der Waals surface area contributed by atoms with Gasteiger partial charge in [0.1, 0.15) is 62.5 Å². The summed E-state index contributed by atoms with van der Waals surface area (Å²) in [5.74, 6) is -0.505. The Bertz CT molecular complexity index is 2830. The van der Waals surface area contributed by atoms with E-state index in [0.717, 1.165) is 16.7 Å². The maximum absolute atomic E-state index is 14.5. The second kappa shape index (κ2) is 32.1. The van der Waals surface area contributed by atoms with Crippen molar-refractivity contribution in [3.63, 3.8) is 0 Å². The number of ether oxygens (including phenoxy) is 12. The second-order valence-corrected chi connectivity index (χ2v) is 37.9. The molecule has 1 saturated carbocycles. The lowest BCUT2D eigenvalue weighted by atomic mass is 9.79. The zero-order valence-electron chi connectivity index (χ0n) is 56.9. The summed E-state index contributed by atoms with van der Waals surface area (Å²) in [6.45, 7) is 40.4. The van der Waals surface area contributed by atoms with Crippen LogP contribution in [0, 0.1) is 23.7 Å². The summed E-state index contributed by atoms with van der Waals surface area (Å²) in [7, 11) is -5.34. The molecule has 0 bridgehead atoms. The minimum Gasteiger partial charge on any atom is -0.445 e. The zero-order valence-corrected chi connectivity index (χ0v) is 58.9. The van der Waals surface area contributed by atoms with E-state index in [1.54, 1.807) is 6.08 Å². The molecule has 4 aliphatic heterocycles. The van der Waals surface area contributed by atoms with Gasteiger partial charge in [-0.3, -0.25) is 0 Å². The van der Waals surface area contributed by atoms with Crippen molar-refractivity contribution in [1.29, 1.82) is 0 Å². The van der Waals surface area contributed by atoms with Gasteiger partial charge in [0.25, 0.3) is 0 Å². The van der Waals surface area contributed by atoms with E-state index < -0.39 is 139 Å². The SMILES string of the molecule is C=CCOC(=O)N[C@@H]1C[C@H](NC(=O)OCc2ccccc2)[C@@H](O[C@H]2O[C@@H]3COC(c4ccccc4)O[C@H]3[C@H](O[Si](C)(C)C(C)(C)C)[C@H]2C)[C@H](O[C@@H]2O[C@H](CC)[C@@H](O[C@H]3O[C@@H](CNC(=O)OCc4ccccc4)[C@@H](C)[C@H](C)[C@H]3C)[C@H]2O[Si](C)(C)C(C)(C)C)[C@H]1OCC=C. The molecule has 4 saturated heterocycles. The Hall–Kier alpha value is -5.06. The summed E-state index contributed by atoms with van der Waals surface area (Å²) in [6.07, 6.45) is -10.1. The molecule has 1 aliphatic carbocycles. The number of rotatable bonds is 25. The fourth-order valence-corrected chi connectivity index (χ4v) is 14.7. The van der Waals surface area contributed by atoms with Gasteiger partial charge in [0.2, 0.25) is 0 Å². The van der Waals surface area contributed by atoms with E-state index in [4.69, 9.17) is 65.7 Å². The fraction of sp³-hybridized carbons (Fsp3) is 0.643. The normalized spacial score (nSPS) is 32.7. The van der Waals surface area contributed by atoms with Gasteiger partial charge in [-0.25, -0.2) is 14.4 Å². The van der Waals surface area contributed by atoms with Crippen LogP contribution in [-0.4, -0.2) is 153 Å². The summed E-state index contributed by atoms with van der Waals surface area (Å²) in [5, 5.41) is 8.65. The van der Waals surface area contributed by atoms with Gasteiger partial charge in [0.15, 0.2) is 41.8 Å². The standard InChI is InChI=1S/C70H105N3O17Si2/c1-18-36-77-56-50(72-67(75)78-37-19-2)38-51(73-68(76)81-41-48-32-26-22-27-33-48)57(85-63-46(7)55(89-91(14,15)69(8,9)10)59-54(84-63)42-79-64(87-59)49-34-28-23-29-35-49)60(56)88-65-61(90-92(16,17)70(11,12)13)58(52(20-3)82-65)86-62-45(6)43(4)44(5)53(83-62)39-71-66(74)80-40-47-30-24-21-25-31-47/h18-19,21-35,43-46,50-65H,1-2,20,36-42H2,3-17H3,(H,71,74)(H,72,75)(H,73,76)/t43-,44-,45+,46+,50+,51-,52+,53-,54+,55+,56-,57+,58+,59+,60+,61+,62+,63+,64?,65-/m0/s1. The third-order valence-electron chi connectivity index (χ3n) is 19.9. The summed E-state index contributed by atoms with van der Waals surface area (Å²) in [4.78, 5) is 41.6. The van der Waals surface area contributed by atoms with Crippen LogP contribution in [-0.2, 0) is 78.9 Å². The monoisotopic (exact) mass is 1320 g/mol. The highest BCUT2D eigenvalue weighted by molar-refractivity contribution is 6.74. The van der Waals surface area contributed by atoms with Gasteiger partial charge in [0.05, 0.1) is 43.6 Å². The van der Waals surface area contributed by atoms with Crippen molar-refractivity contribution in [2.24, 2.45) is 23.7 Å². The number of amides is 3. The molecule has 3 N–H and O–H groups in total. The van der Waals surface area contributed by atoms with Crippen molar-refractivity contribution in [3.05, 3.63) is 133 Å². The number of alkyl carbamates (subject to hydrolysis) is 3. The van der Waals surface area contributed by atoms with Crippen molar-refractivity contribution in [2.75, 3.05) is 26.4 Å². The minimum atomic E-state index is -2.77. The smallest absolute Gasteiger partial charge is 0.407 e. The molecule has 20 atom stereocenters. The molecule has 0 spiro atoms. The number of fused-ring (bicyclic) bond motifs is 1. The van der Waals surface area contributed by atoms with Crippen LogP contribution in [0.15, 0.2) is 116 Å². The van der Waals surface area contributed by atoms with Crippen LogP contribution in [0.1, 0.15) is 112 Å². The Kier molecular flexibility index (Phi) is 25.4. The van der Waals surface area contributed by atoms with E-state index >= 15 is 0 Å². The van der Waals surface area contributed by atoms with E-state index in [1.807, 2.05) is 105 Å². The highest BCUT2D eigenvalue weighted by Gasteiger charge is 2.59. The molecule has 22 heteroatoms. The van der Waals surface area contributed by atoms with Crippen LogP contribution < -0.4 is 16.0 Å². The Morgan fingerprint density at radius 2 is 1.07 bits per heavy atom. The van der Waals surface area contributed by atoms with Gasteiger partial charge in [-0.15, -0.1) is 6.58 Å². The molecule has 3 aromatic carbocycles. The molecule has 3 amide bonds. The first-order chi connectivity index (χ1) is 43.6. The lowest BCUT2D eigenvalue weighted by molar-refractivity contribution is -0.364. The minimum absolute atomic E-state index is 0.0150. The lowest BCUT2D eigenvalue weighted by Crippen LogP contribution is -2.69. The average molecular weight is 1320 g/mol. The van der Waals surface area contributed by atoms with Crippen molar-refractivity contribution >= 4 is 34.9 Å². The van der Waals surface area contributed by atoms with Gasteiger partial charge < -0.3 is 81.6 Å². The molecular formula is C70H105N3O17Si2. The van der Waals surface area contributed by atoms with Gasteiger partial charge in [-0.2, -0.15) is 0 Å². The highest BCUT2D eigenvalue weighted by atomic mass is 28.4. The lowest BCUT2D eigenvalue weighted by Gasteiger charge is -2.53. The first-order valence-corrected chi connectivity index (χ1v) is 38.7. The average Bonchev–Trinajstić information content (AvgIpc) is 1.15. The number of carbonyl (C=O) groups excluding carboxylic acids is 3. The first-order valence-electron chi connectivity index (χ1n) is 32.9. The Morgan fingerprint density at radius 3 is 1.64 bits per heavy atom. The Morgan fingerprint density at radius 1 is 0.554 bits per heavy atom.